The van der Waals surface area contributed by atoms with Crippen molar-refractivity contribution >= 4 is 0 Å². The number of benzene rings is 1. The largest absolute Gasteiger partial charge is 0.313 e. The van der Waals surface area contributed by atoms with Crippen LogP contribution >= 0.6 is 0 Å². The smallest absolute Gasteiger partial charge is 0.0208 e. The summed E-state index contributed by atoms with van der Waals surface area (Å²) in [5, 5.41) is 3.37. The molecule has 0 bridgehead atoms. The van der Waals surface area contributed by atoms with Crippen molar-refractivity contribution < 1.29 is 0 Å². The van der Waals surface area contributed by atoms with Crippen LogP contribution in [0.15, 0.2) is 18.2 Å². The standard InChI is InChI=1S/C14H22N/c1-4-15-11-14-8-6-5-7-13(14)10-9-12(2)3/h5,7-8,12,15H,4,9-11H2,1-3H3. The predicted octanol–water partition coefficient (Wildman–Crippen LogP) is 3.18. The van der Waals surface area contributed by atoms with Crippen molar-refractivity contribution in [3.63, 3.8) is 0 Å². The van der Waals surface area contributed by atoms with Gasteiger partial charge in [-0.2, -0.15) is 0 Å². The molecule has 1 radical (unpaired) electrons. The van der Waals surface area contributed by atoms with Crippen LogP contribution in [0, 0.1) is 12.0 Å². The van der Waals surface area contributed by atoms with E-state index in [0.717, 1.165) is 19.0 Å². The molecule has 0 saturated heterocycles. The zero-order valence-corrected chi connectivity index (χ0v) is 10.1. The number of hydrogen-bond donors (Lipinski definition) is 1. The fraction of sp³-hybridized carbons (Fsp3) is 0.571. The fourth-order valence-corrected chi connectivity index (χ4v) is 1.61. The van der Waals surface area contributed by atoms with Crippen molar-refractivity contribution in [3.8, 4) is 0 Å². The summed E-state index contributed by atoms with van der Waals surface area (Å²) in [6, 6.07) is 9.49. The topological polar surface area (TPSA) is 12.0 Å². The van der Waals surface area contributed by atoms with Crippen LogP contribution in [0.1, 0.15) is 38.3 Å². The number of hydrogen-bond acceptors (Lipinski definition) is 1. The summed E-state index contributed by atoms with van der Waals surface area (Å²) >= 11 is 0. The summed E-state index contributed by atoms with van der Waals surface area (Å²) < 4.78 is 0. The highest BCUT2D eigenvalue weighted by atomic mass is 14.8. The Morgan fingerprint density at radius 1 is 1.33 bits per heavy atom. The van der Waals surface area contributed by atoms with Crippen molar-refractivity contribution in [1.82, 2.24) is 5.32 Å². The lowest BCUT2D eigenvalue weighted by atomic mass is 9.98. The summed E-state index contributed by atoms with van der Waals surface area (Å²) in [6.45, 7) is 8.69. The maximum atomic E-state index is 3.37. The normalized spacial score (nSPS) is 10.9. The zero-order valence-electron chi connectivity index (χ0n) is 10.1. The first kappa shape index (κ1) is 12.3. The molecule has 1 aromatic carbocycles. The van der Waals surface area contributed by atoms with E-state index >= 15 is 0 Å². The van der Waals surface area contributed by atoms with Crippen LogP contribution in [0.4, 0.5) is 0 Å². The minimum atomic E-state index is 0.779. The third kappa shape index (κ3) is 4.48. The van der Waals surface area contributed by atoms with Gasteiger partial charge in [0.25, 0.3) is 0 Å². The summed E-state index contributed by atoms with van der Waals surface area (Å²) in [5.41, 5.74) is 2.88. The molecule has 0 aliphatic carbocycles. The first-order valence-corrected chi connectivity index (χ1v) is 5.92. The Hall–Kier alpha value is -0.820. The average molecular weight is 204 g/mol. The van der Waals surface area contributed by atoms with Gasteiger partial charge in [-0.05, 0) is 48.6 Å². The Morgan fingerprint density at radius 2 is 2.13 bits per heavy atom. The molecule has 1 rings (SSSR count). The molecule has 0 aromatic heterocycles. The quantitative estimate of drug-likeness (QED) is 0.750. The van der Waals surface area contributed by atoms with E-state index in [1.165, 1.54) is 24.0 Å². The van der Waals surface area contributed by atoms with Crippen molar-refractivity contribution in [2.24, 2.45) is 5.92 Å². The second-order valence-electron chi connectivity index (χ2n) is 4.41. The second kappa shape index (κ2) is 6.62. The Balaban J connectivity index is 2.59. The molecule has 0 unspecified atom stereocenters. The lowest BCUT2D eigenvalue weighted by molar-refractivity contribution is 0.583. The molecule has 0 amide bonds. The van der Waals surface area contributed by atoms with Crippen LogP contribution in [-0.4, -0.2) is 6.54 Å². The fourth-order valence-electron chi connectivity index (χ4n) is 1.61. The molecule has 0 aliphatic rings. The SMILES string of the molecule is CCNCc1c[c]ccc1CCC(C)C. The van der Waals surface area contributed by atoms with E-state index in [0.29, 0.717) is 0 Å². The highest BCUT2D eigenvalue weighted by molar-refractivity contribution is 5.26. The zero-order chi connectivity index (χ0) is 11.1. The maximum absolute atomic E-state index is 3.37. The van der Waals surface area contributed by atoms with Gasteiger partial charge < -0.3 is 5.32 Å². The average Bonchev–Trinajstić information content (AvgIpc) is 2.24. The molecule has 1 N–H and O–H groups in total. The number of nitrogens with one attached hydrogen (secondary N) is 1. The van der Waals surface area contributed by atoms with Crippen LogP contribution in [0.3, 0.4) is 0 Å². The van der Waals surface area contributed by atoms with Gasteiger partial charge in [-0.1, -0.05) is 32.9 Å². The molecular formula is C14H22N. The highest BCUT2D eigenvalue weighted by Gasteiger charge is 2.02. The molecule has 1 heteroatoms. The Kier molecular flexibility index (Phi) is 5.41. The third-order valence-electron chi connectivity index (χ3n) is 2.61. The van der Waals surface area contributed by atoms with E-state index in [1.807, 2.05) is 6.07 Å². The maximum Gasteiger partial charge on any atom is 0.0208 e. The first-order chi connectivity index (χ1) is 7.24. The van der Waals surface area contributed by atoms with Crippen LogP contribution in [-0.2, 0) is 13.0 Å². The van der Waals surface area contributed by atoms with Gasteiger partial charge in [-0.3, -0.25) is 0 Å². The molecule has 83 valence electrons. The summed E-state index contributed by atoms with van der Waals surface area (Å²) in [7, 11) is 0. The molecule has 1 nitrogen and oxygen atoms in total. The molecule has 15 heavy (non-hydrogen) atoms. The Labute approximate surface area is 93.9 Å². The monoisotopic (exact) mass is 204 g/mol. The summed E-state index contributed by atoms with van der Waals surface area (Å²) in [5.74, 6) is 0.779. The minimum Gasteiger partial charge on any atom is -0.313 e. The molecule has 0 heterocycles. The summed E-state index contributed by atoms with van der Waals surface area (Å²) in [4.78, 5) is 0. The van der Waals surface area contributed by atoms with E-state index < -0.39 is 0 Å². The van der Waals surface area contributed by atoms with Crippen LogP contribution in [0.5, 0.6) is 0 Å². The van der Waals surface area contributed by atoms with Crippen LogP contribution < -0.4 is 5.32 Å². The van der Waals surface area contributed by atoms with Gasteiger partial charge in [0.05, 0.1) is 0 Å². The predicted molar refractivity (Wildman–Crippen MR) is 65.8 cm³/mol. The molecule has 0 atom stereocenters. The molecule has 0 saturated carbocycles. The van der Waals surface area contributed by atoms with E-state index in [4.69, 9.17) is 0 Å². The molecule has 0 fully saturated rings. The van der Waals surface area contributed by atoms with Crippen molar-refractivity contribution in [2.45, 2.75) is 40.2 Å². The molecule has 0 aliphatic heterocycles. The lowest BCUT2D eigenvalue weighted by Gasteiger charge is -2.10. The van der Waals surface area contributed by atoms with Gasteiger partial charge in [0, 0.05) is 6.54 Å². The van der Waals surface area contributed by atoms with Gasteiger partial charge in [0.1, 0.15) is 0 Å². The lowest BCUT2D eigenvalue weighted by Crippen LogP contribution is -2.13. The number of aryl methyl sites for hydroxylation is 1. The first-order valence-electron chi connectivity index (χ1n) is 5.92. The van der Waals surface area contributed by atoms with Crippen molar-refractivity contribution in [2.75, 3.05) is 6.54 Å². The van der Waals surface area contributed by atoms with Gasteiger partial charge in [0.2, 0.25) is 0 Å². The van der Waals surface area contributed by atoms with Gasteiger partial charge in [-0.15, -0.1) is 0 Å². The van der Waals surface area contributed by atoms with E-state index in [9.17, 15) is 0 Å². The van der Waals surface area contributed by atoms with Crippen LogP contribution in [0.25, 0.3) is 0 Å². The number of rotatable bonds is 6. The van der Waals surface area contributed by atoms with E-state index in [1.54, 1.807) is 0 Å². The molecule has 0 spiro atoms. The van der Waals surface area contributed by atoms with Gasteiger partial charge >= 0.3 is 0 Å². The van der Waals surface area contributed by atoms with E-state index in [-0.39, 0.29) is 0 Å². The van der Waals surface area contributed by atoms with Crippen molar-refractivity contribution in [3.05, 3.63) is 35.4 Å². The van der Waals surface area contributed by atoms with E-state index in [2.05, 4.69) is 44.3 Å². The highest BCUT2D eigenvalue weighted by Crippen LogP contribution is 2.13. The van der Waals surface area contributed by atoms with Crippen molar-refractivity contribution in [1.29, 1.82) is 0 Å². The second-order valence-corrected chi connectivity index (χ2v) is 4.41. The molecular weight excluding hydrogens is 182 g/mol. The molecule has 1 aromatic rings. The summed E-state index contributed by atoms with van der Waals surface area (Å²) in [6.07, 6.45) is 2.45. The van der Waals surface area contributed by atoms with Gasteiger partial charge in [-0.25, -0.2) is 0 Å². The van der Waals surface area contributed by atoms with Gasteiger partial charge in [0.15, 0.2) is 0 Å². The Morgan fingerprint density at radius 3 is 2.80 bits per heavy atom. The van der Waals surface area contributed by atoms with Crippen LogP contribution in [0.2, 0.25) is 0 Å². The third-order valence-corrected chi connectivity index (χ3v) is 2.61. The Bertz CT molecular complexity index is 278. The minimum absolute atomic E-state index is 0.779.